The summed E-state index contributed by atoms with van der Waals surface area (Å²) in [5, 5.41) is 2.82. The lowest BCUT2D eigenvalue weighted by Crippen LogP contribution is -2.35. The molecule has 0 unspecified atom stereocenters. The number of carbonyl (C=O) groups excluding carboxylic acids is 1. The molecule has 1 aromatic carbocycles. The molecule has 1 amide bonds. The molecule has 0 radical (unpaired) electrons. The molecule has 1 atom stereocenters. The molecular formula is C22H22N6O2. The minimum atomic E-state index is -0.470. The molecule has 8 nitrogen and oxygen atoms in total. The molecular weight excluding hydrogens is 380 g/mol. The van der Waals surface area contributed by atoms with E-state index in [-0.39, 0.29) is 11.0 Å². The Morgan fingerprint density at radius 3 is 2.63 bits per heavy atom. The fourth-order valence-corrected chi connectivity index (χ4v) is 4.45. The van der Waals surface area contributed by atoms with Gasteiger partial charge in [0, 0.05) is 50.2 Å². The van der Waals surface area contributed by atoms with E-state index in [1.54, 1.807) is 24.7 Å². The molecule has 2 aliphatic rings. The van der Waals surface area contributed by atoms with E-state index in [9.17, 15) is 9.59 Å². The van der Waals surface area contributed by atoms with Crippen LogP contribution in [0.15, 0.2) is 59.8 Å². The van der Waals surface area contributed by atoms with Crippen LogP contribution in [0.1, 0.15) is 34.6 Å². The summed E-state index contributed by atoms with van der Waals surface area (Å²) in [6, 6.07) is 11.4. The summed E-state index contributed by atoms with van der Waals surface area (Å²) < 4.78 is 1.97. The molecule has 2 aliphatic heterocycles. The van der Waals surface area contributed by atoms with E-state index in [4.69, 9.17) is 0 Å². The molecule has 1 fully saturated rings. The summed E-state index contributed by atoms with van der Waals surface area (Å²) in [7, 11) is 0. The summed E-state index contributed by atoms with van der Waals surface area (Å²) >= 11 is 0. The van der Waals surface area contributed by atoms with Gasteiger partial charge in [0.25, 0.3) is 11.5 Å². The average molecular weight is 402 g/mol. The number of aromatic nitrogens is 4. The Bertz CT molecular complexity index is 1130. The van der Waals surface area contributed by atoms with Crippen LogP contribution in [-0.4, -0.2) is 38.5 Å². The zero-order chi connectivity index (χ0) is 20.6. The predicted molar refractivity (Wildman–Crippen MR) is 111 cm³/mol. The van der Waals surface area contributed by atoms with Gasteiger partial charge in [0.05, 0.1) is 0 Å². The lowest BCUT2D eigenvalue weighted by atomic mass is 9.85. The smallest absolute Gasteiger partial charge is 0.285 e. The zero-order valence-electron chi connectivity index (χ0n) is 16.5. The SMILES string of the molecule is O=C(NCc1ccccc1)c1cn2c(nc1=O)[C@]1(CCN(c3ncccn3)C1)CC2. The van der Waals surface area contributed by atoms with Gasteiger partial charge in [-0.3, -0.25) is 9.59 Å². The van der Waals surface area contributed by atoms with Gasteiger partial charge >= 0.3 is 0 Å². The van der Waals surface area contributed by atoms with E-state index < -0.39 is 11.5 Å². The average Bonchev–Trinajstić information content (AvgIpc) is 3.37. The number of fused-ring (bicyclic) bond motifs is 2. The Hall–Kier alpha value is -3.55. The highest BCUT2D eigenvalue weighted by Crippen LogP contribution is 2.41. The number of aryl methyl sites for hydroxylation is 1. The lowest BCUT2D eigenvalue weighted by molar-refractivity contribution is 0.0948. The van der Waals surface area contributed by atoms with Gasteiger partial charge in [-0.1, -0.05) is 30.3 Å². The summed E-state index contributed by atoms with van der Waals surface area (Å²) in [6.45, 7) is 2.66. The van der Waals surface area contributed by atoms with Gasteiger partial charge in [-0.2, -0.15) is 4.98 Å². The third kappa shape index (κ3) is 3.24. The van der Waals surface area contributed by atoms with Crippen LogP contribution in [0, 0.1) is 0 Å². The first kappa shape index (κ1) is 18.5. The number of nitrogens with one attached hydrogen (secondary N) is 1. The number of amides is 1. The van der Waals surface area contributed by atoms with Gasteiger partial charge in [-0.05, 0) is 24.5 Å². The number of hydrogen-bond acceptors (Lipinski definition) is 6. The standard InChI is InChI=1S/C22H22N6O2/c29-18(25-13-16-5-2-1-3-6-16)17-14-27-11-7-22(20(27)26-19(17)30)8-12-28(15-22)21-23-9-4-10-24-21/h1-6,9-10,14H,7-8,11-13,15H2,(H,25,29)/t22-/m0/s1. The largest absolute Gasteiger partial charge is 0.348 e. The molecule has 4 heterocycles. The summed E-state index contributed by atoms with van der Waals surface area (Å²) in [4.78, 5) is 40.5. The van der Waals surface area contributed by atoms with E-state index in [1.807, 2.05) is 34.9 Å². The highest BCUT2D eigenvalue weighted by molar-refractivity contribution is 5.93. The van der Waals surface area contributed by atoms with E-state index in [0.29, 0.717) is 12.5 Å². The quantitative estimate of drug-likeness (QED) is 0.711. The van der Waals surface area contributed by atoms with Crippen molar-refractivity contribution in [2.24, 2.45) is 0 Å². The van der Waals surface area contributed by atoms with Crippen molar-refractivity contribution >= 4 is 11.9 Å². The lowest BCUT2D eigenvalue weighted by Gasteiger charge is -2.23. The molecule has 0 aliphatic carbocycles. The maximum Gasteiger partial charge on any atom is 0.285 e. The molecule has 0 bridgehead atoms. The number of benzene rings is 1. The Morgan fingerprint density at radius 2 is 1.83 bits per heavy atom. The maximum atomic E-state index is 12.7. The molecule has 1 N–H and O–H groups in total. The molecule has 1 spiro atoms. The van der Waals surface area contributed by atoms with Crippen molar-refractivity contribution in [2.45, 2.75) is 31.3 Å². The molecule has 152 valence electrons. The molecule has 2 aromatic heterocycles. The van der Waals surface area contributed by atoms with Crippen molar-refractivity contribution in [3.8, 4) is 0 Å². The Morgan fingerprint density at radius 1 is 1.07 bits per heavy atom. The fraction of sp³-hybridized carbons (Fsp3) is 0.318. The van der Waals surface area contributed by atoms with Crippen LogP contribution in [-0.2, 0) is 18.5 Å². The minimum absolute atomic E-state index is 0.0907. The third-order valence-corrected chi connectivity index (χ3v) is 6.03. The van der Waals surface area contributed by atoms with Gasteiger partial charge in [-0.15, -0.1) is 0 Å². The monoisotopic (exact) mass is 402 g/mol. The second-order valence-electron chi connectivity index (χ2n) is 7.90. The van der Waals surface area contributed by atoms with Gasteiger partial charge in [0.15, 0.2) is 0 Å². The predicted octanol–water partition coefficient (Wildman–Crippen LogP) is 1.52. The highest BCUT2D eigenvalue weighted by Gasteiger charge is 2.46. The van der Waals surface area contributed by atoms with Crippen LogP contribution in [0.4, 0.5) is 5.95 Å². The Labute approximate surface area is 173 Å². The number of hydrogen-bond donors (Lipinski definition) is 1. The van der Waals surface area contributed by atoms with Crippen molar-refractivity contribution in [3.63, 3.8) is 0 Å². The minimum Gasteiger partial charge on any atom is -0.348 e. The normalized spacial score (nSPS) is 19.8. The molecule has 5 rings (SSSR count). The van der Waals surface area contributed by atoms with E-state index in [1.165, 1.54) is 0 Å². The van der Waals surface area contributed by atoms with Crippen LogP contribution in [0.2, 0.25) is 0 Å². The molecule has 0 saturated carbocycles. The molecule has 3 aromatic rings. The topological polar surface area (TPSA) is 93.0 Å². The van der Waals surface area contributed by atoms with Crippen LogP contribution >= 0.6 is 0 Å². The van der Waals surface area contributed by atoms with Crippen molar-refractivity contribution in [3.05, 3.63) is 82.3 Å². The van der Waals surface area contributed by atoms with Crippen molar-refractivity contribution < 1.29 is 4.79 Å². The molecule has 30 heavy (non-hydrogen) atoms. The van der Waals surface area contributed by atoms with Crippen LogP contribution in [0.5, 0.6) is 0 Å². The summed E-state index contributed by atoms with van der Waals surface area (Å²) in [5.41, 5.74) is 0.404. The second kappa shape index (κ2) is 7.37. The molecule has 1 saturated heterocycles. The van der Waals surface area contributed by atoms with E-state index >= 15 is 0 Å². The number of carbonyl (C=O) groups is 1. The van der Waals surface area contributed by atoms with Crippen LogP contribution in [0.3, 0.4) is 0 Å². The van der Waals surface area contributed by atoms with Gasteiger partial charge < -0.3 is 14.8 Å². The maximum absolute atomic E-state index is 12.7. The van der Waals surface area contributed by atoms with Crippen molar-refractivity contribution in [2.75, 3.05) is 18.0 Å². The van der Waals surface area contributed by atoms with Crippen LogP contribution < -0.4 is 15.8 Å². The number of nitrogens with zero attached hydrogens (tertiary/aromatic N) is 5. The highest BCUT2D eigenvalue weighted by atomic mass is 16.2. The van der Waals surface area contributed by atoms with E-state index in [2.05, 4.69) is 25.2 Å². The summed E-state index contributed by atoms with van der Waals surface area (Å²) in [6.07, 6.45) is 6.91. The zero-order valence-corrected chi connectivity index (χ0v) is 16.5. The Kier molecular flexibility index (Phi) is 4.54. The number of rotatable bonds is 4. The second-order valence-corrected chi connectivity index (χ2v) is 7.90. The van der Waals surface area contributed by atoms with Gasteiger partial charge in [0.1, 0.15) is 11.4 Å². The van der Waals surface area contributed by atoms with Crippen molar-refractivity contribution in [1.29, 1.82) is 0 Å². The van der Waals surface area contributed by atoms with Gasteiger partial charge in [-0.25, -0.2) is 9.97 Å². The third-order valence-electron chi connectivity index (χ3n) is 6.03. The summed E-state index contributed by atoms with van der Waals surface area (Å²) in [5.74, 6) is 1.08. The first-order chi connectivity index (χ1) is 14.6. The molecule has 8 heteroatoms. The Balaban J connectivity index is 1.36. The van der Waals surface area contributed by atoms with Gasteiger partial charge in [0.2, 0.25) is 5.95 Å². The van der Waals surface area contributed by atoms with Crippen molar-refractivity contribution in [1.82, 2.24) is 24.8 Å². The fourth-order valence-electron chi connectivity index (χ4n) is 4.45. The number of anilines is 1. The first-order valence-corrected chi connectivity index (χ1v) is 10.1. The first-order valence-electron chi connectivity index (χ1n) is 10.1. The van der Waals surface area contributed by atoms with E-state index in [0.717, 1.165) is 43.9 Å². The van der Waals surface area contributed by atoms with Crippen LogP contribution in [0.25, 0.3) is 0 Å².